The van der Waals surface area contributed by atoms with Crippen LogP contribution >= 0.6 is 23.2 Å². The Morgan fingerprint density at radius 1 is 1.10 bits per heavy atom. The molecule has 1 atom stereocenters. The Morgan fingerprint density at radius 3 is 2.76 bits per heavy atom. The van der Waals surface area contributed by atoms with Crippen LogP contribution < -0.4 is 10.5 Å². The summed E-state index contributed by atoms with van der Waals surface area (Å²) >= 11 is 12.0. The molecule has 0 aliphatic carbocycles. The molecule has 0 saturated heterocycles. The molecule has 0 fully saturated rings. The molecule has 21 heavy (non-hydrogen) atoms. The first-order valence-corrected chi connectivity index (χ1v) is 7.84. The Kier molecular flexibility index (Phi) is 4.39. The van der Waals surface area contributed by atoms with Gasteiger partial charge in [-0.2, -0.15) is 0 Å². The van der Waals surface area contributed by atoms with Gasteiger partial charge in [0.2, 0.25) is 0 Å². The highest BCUT2D eigenvalue weighted by atomic mass is 35.5. The molecule has 0 amide bonds. The van der Waals surface area contributed by atoms with Gasteiger partial charge in [0.15, 0.2) is 0 Å². The lowest BCUT2D eigenvalue weighted by atomic mass is 9.96. The predicted molar refractivity (Wildman–Crippen MR) is 87.4 cm³/mol. The summed E-state index contributed by atoms with van der Waals surface area (Å²) in [6.07, 6.45) is 2.86. The van der Waals surface area contributed by atoms with Crippen LogP contribution in [0.25, 0.3) is 0 Å². The number of nitrogens with two attached hydrogens (primary N) is 1. The summed E-state index contributed by atoms with van der Waals surface area (Å²) in [5.41, 5.74) is 9.80. The number of halogens is 2. The molecule has 1 aliphatic heterocycles. The summed E-state index contributed by atoms with van der Waals surface area (Å²) in [4.78, 5) is 0. The molecule has 0 aromatic heterocycles. The lowest BCUT2D eigenvalue weighted by molar-refractivity contribution is 0.288. The van der Waals surface area contributed by atoms with Crippen molar-refractivity contribution in [3.05, 3.63) is 63.1 Å². The SMILES string of the molecule is NC(Cc1ccc(Cl)c(Cl)c1)c1ccc2c(c1)CCCO2. The summed E-state index contributed by atoms with van der Waals surface area (Å²) in [5, 5.41) is 1.14. The number of benzene rings is 2. The molecule has 0 saturated carbocycles. The zero-order valence-corrected chi connectivity index (χ0v) is 13.1. The predicted octanol–water partition coefficient (Wildman–Crippen LogP) is 4.56. The van der Waals surface area contributed by atoms with Crippen LogP contribution in [0.4, 0.5) is 0 Å². The molecular weight excluding hydrogens is 305 g/mol. The first-order valence-electron chi connectivity index (χ1n) is 7.08. The summed E-state index contributed by atoms with van der Waals surface area (Å²) in [6, 6.07) is 11.8. The van der Waals surface area contributed by atoms with Crippen LogP contribution in [-0.4, -0.2) is 6.61 Å². The van der Waals surface area contributed by atoms with E-state index in [0.717, 1.165) is 42.7 Å². The number of hydrogen-bond donors (Lipinski definition) is 1. The van der Waals surface area contributed by atoms with Crippen molar-refractivity contribution in [1.29, 1.82) is 0 Å². The minimum Gasteiger partial charge on any atom is -0.493 e. The fourth-order valence-electron chi connectivity index (χ4n) is 2.65. The minimum atomic E-state index is -0.0607. The van der Waals surface area contributed by atoms with E-state index in [1.54, 1.807) is 0 Å². The highest BCUT2D eigenvalue weighted by Crippen LogP contribution is 2.29. The fraction of sp³-hybridized carbons (Fsp3) is 0.294. The zero-order valence-electron chi connectivity index (χ0n) is 11.6. The van der Waals surface area contributed by atoms with Gasteiger partial charge >= 0.3 is 0 Å². The molecule has 1 aliphatic rings. The summed E-state index contributed by atoms with van der Waals surface area (Å²) in [7, 11) is 0. The molecule has 1 unspecified atom stereocenters. The highest BCUT2D eigenvalue weighted by Gasteiger charge is 2.14. The maximum absolute atomic E-state index is 6.33. The van der Waals surface area contributed by atoms with Crippen molar-refractivity contribution in [2.75, 3.05) is 6.61 Å². The van der Waals surface area contributed by atoms with Gasteiger partial charge in [0.05, 0.1) is 16.7 Å². The molecule has 110 valence electrons. The van der Waals surface area contributed by atoms with Crippen LogP contribution in [0.2, 0.25) is 10.0 Å². The summed E-state index contributed by atoms with van der Waals surface area (Å²) in [5.74, 6) is 0.992. The third kappa shape index (κ3) is 3.34. The molecule has 0 spiro atoms. The molecule has 4 heteroatoms. The lowest BCUT2D eigenvalue weighted by Crippen LogP contribution is -2.15. The maximum atomic E-state index is 6.33. The van der Waals surface area contributed by atoms with Crippen molar-refractivity contribution < 1.29 is 4.74 Å². The van der Waals surface area contributed by atoms with Crippen molar-refractivity contribution >= 4 is 23.2 Å². The van der Waals surface area contributed by atoms with Crippen LogP contribution in [0.5, 0.6) is 5.75 Å². The summed E-state index contributed by atoms with van der Waals surface area (Å²) < 4.78 is 5.63. The lowest BCUT2D eigenvalue weighted by Gasteiger charge is -2.20. The number of ether oxygens (including phenoxy) is 1. The van der Waals surface area contributed by atoms with E-state index in [-0.39, 0.29) is 6.04 Å². The van der Waals surface area contributed by atoms with E-state index in [4.69, 9.17) is 33.7 Å². The molecule has 0 radical (unpaired) electrons. The average molecular weight is 322 g/mol. The Labute approximate surface area is 134 Å². The van der Waals surface area contributed by atoms with Crippen LogP contribution in [0, 0.1) is 0 Å². The van der Waals surface area contributed by atoms with Gasteiger partial charge < -0.3 is 10.5 Å². The number of rotatable bonds is 3. The Hall–Kier alpha value is -1.22. The second-order valence-corrected chi connectivity index (χ2v) is 6.19. The van der Waals surface area contributed by atoms with Crippen LogP contribution in [0.1, 0.15) is 29.2 Å². The van der Waals surface area contributed by atoms with E-state index in [1.807, 2.05) is 30.3 Å². The van der Waals surface area contributed by atoms with Gasteiger partial charge in [-0.3, -0.25) is 0 Å². The molecule has 0 bridgehead atoms. The zero-order chi connectivity index (χ0) is 14.8. The average Bonchev–Trinajstić information content (AvgIpc) is 2.50. The second-order valence-electron chi connectivity index (χ2n) is 5.38. The molecule has 2 aromatic carbocycles. The van der Waals surface area contributed by atoms with Crippen LogP contribution in [-0.2, 0) is 12.8 Å². The topological polar surface area (TPSA) is 35.2 Å². The van der Waals surface area contributed by atoms with E-state index in [2.05, 4.69) is 6.07 Å². The molecule has 1 heterocycles. The Bertz CT molecular complexity index is 657. The van der Waals surface area contributed by atoms with E-state index < -0.39 is 0 Å². The van der Waals surface area contributed by atoms with Crippen molar-refractivity contribution in [2.24, 2.45) is 5.73 Å². The largest absolute Gasteiger partial charge is 0.493 e. The normalized spacial score (nSPS) is 15.2. The quantitative estimate of drug-likeness (QED) is 0.899. The van der Waals surface area contributed by atoms with E-state index >= 15 is 0 Å². The molecule has 2 N–H and O–H groups in total. The van der Waals surface area contributed by atoms with Crippen LogP contribution in [0.15, 0.2) is 36.4 Å². The maximum Gasteiger partial charge on any atom is 0.122 e. The monoisotopic (exact) mass is 321 g/mol. The fourth-order valence-corrected chi connectivity index (χ4v) is 2.97. The standard InChI is InChI=1S/C17H17Cl2NO/c18-14-5-3-11(8-15(14)19)9-16(20)12-4-6-17-13(10-12)2-1-7-21-17/h3-6,8,10,16H,1-2,7,9,20H2. The number of hydrogen-bond acceptors (Lipinski definition) is 2. The van der Waals surface area contributed by atoms with Gasteiger partial charge in [0.25, 0.3) is 0 Å². The van der Waals surface area contributed by atoms with Gasteiger partial charge in [-0.1, -0.05) is 41.4 Å². The number of fused-ring (bicyclic) bond motifs is 1. The smallest absolute Gasteiger partial charge is 0.122 e. The van der Waals surface area contributed by atoms with Gasteiger partial charge in [-0.15, -0.1) is 0 Å². The second kappa shape index (κ2) is 6.27. The first kappa shape index (κ1) is 14.7. The highest BCUT2D eigenvalue weighted by molar-refractivity contribution is 6.42. The first-order chi connectivity index (χ1) is 10.1. The molecule has 3 rings (SSSR count). The van der Waals surface area contributed by atoms with Gasteiger partial charge in [-0.25, -0.2) is 0 Å². The van der Waals surface area contributed by atoms with Crippen molar-refractivity contribution in [3.8, 4) is 5.75 Å². The Balaban J connectivity index is 1.78. The van der Waals surface area contributed by atoms with Gasteiger partial charge in [0.1, 0.15) is 5.75 Å². The van der Waals surface area contributed by atoms with Crippen molar-refractivity contribution in [3.63, 3.8) is 0 Å². The third-order valence-corrected chi connectivity index (χ3v) is 4.54. The Morgan fingerprint density at radius 2 is 1.95 bits per heavy atom. The van der Waals surface area contributed by atoms with Crippen molar-refractivity contribution in [2.45, 2.75) is 25.3 Å². The summed E-state index contributed by atoms with van der Waals surface area (Å²) in [6.45, 7) is 0.807. The third-order valence-electron chi connectivity index (χ3n) is 3.80. The van der Waals surface area contributed by atoms with E-state index in [0.29, 0.717) is 10.0 Å². The minimum absolute atomic E-state index is 0.0607. The van der Waals surface area contributed by atoms with Crippen molar-refractivity contribution in [1.82, 2.24) is 0 Å². The van der Waals surface area contributed by atoms with E-state index in [9.17, 15) is 0 Å². The van der Waals surface area contributed by atoms with Gasteiger partial charge in [0, 0.05) is 6.04 Å². The molecule has 2 aromatic rings. The number of aryl methyl sites for hydroxylation is 1. The van der Waals surface area contributed by atoms with Crippen LogP contribution in [0.3, 0.4) is 0 Å². The van der Waals surface area contributed by atoms with E-state index in [1.165, 1.54) is 5.56 Å². The van der Waals surface area contributed by atoms with Gasteiger partial charge in [-0.05, 0) is 54.2 Å². The molecule has 2 nitrogen and oxygen atoms in total. The molecular formula is C17H17Cl2NO.